The van der Waals surface area contributed by atoms with E-state index in [0.29, 0.717) is 16.3 Å². The molecule has 37 heavy (non-hydrogen) atoms. The predicted molar refractivity (Wildman–Crippen MR) is 146 cm³/mol. The number of anilines is 1. The molecule has 0 aliphatic carbocycles. The number of hydrogen-bond donors (Lipinski definition) is 1. The van der Waals surface area contributed by atoms with Crippen molar-refractivity contribution in [1.82, 2.24) is 10.2 Å². The molecule has 0 saturated carbocycles. The summed E-state index contributed by atoms with van der Waals surface area (Å²) in [5.74, 6) is -0.403. The van der Waals surface area contributed by atoms with Crippen LogP contribution in [0.2, 0.25) is 10.0 Å². The molecule has 2 rings (SSSR count). The van der Waals surface area contributed by atoms with Gasteiger partial charge in [0.15, 0.2) is 0 Å². The number of sulfonamides is 1. The van der Waals surface area contributed by atoms with Gasteiger partial charge in [-0.15, -0.1) is 0 Å². The van der Waals surface area contributed by atoms with Crippen molar-refractivity contribution in [2.45, 2.75) is 45.8 Å². The van der Waals surface area contributed by atoms with Gasteiger partial charge < -0.3 is 19.7 Å². The highest BCUT2D eigenvalue weighted by molar-refractivity contribution is 7.92. The van der Waals surface area contributed by atoms with Crippen LogP contribution in [0.4, 0.5) is 5.69 Å². The molecule has 2 amide bonds. The first kappa shape index (κ1) is 30.5. The lowest BCUT2D eigenvalue weighted by atomic mass is 10.1. The van der Waals surface area contributed by atoms with Crippen LogP contribution in [-0.4, -0.2) is 63.7 Å². The zero-order valence-corrected chi connectivity index (χ0v) is 24.3. The molecule has 204 valence electrons. The first-order chi connectivity index (χ1) is 17.1. The molecule has 0 bridgehead atoms. The van der Waals surface area contributed by atoms with Crippen LogP contribution >= 0.6 is 23.2 Å². The third-order valence-electron chi connectivity index (χ3n) is 5.34. The maximum absolute atomic E-state index is 13.7. The van der Waals surface area contributed by atoms with E-state index in [1.54, 1.807) is 37.3 Å². The molecule has 2 aromatic carbocycles. The molecule has 9 nitrogen and oxygen atoms in total. The molecule has 0 aliphatic heterocycles. The standard InChI is InChI=1S/C25H33Cl2N3O6S/c1-16(24(32)28-25(2,3)4)29(14-17-8-10-19(26)20(27)12-17)23(31)15-30(37(7,33)34)21-13-18(35-5)9-11-22(21)36-6/h8-13,16H,14-15H2,1-7H3,(H,28,32)/t16-/m0/s1. The van der Waals surface area contributed by atoms with E-state index in [1.165, 1.54) is 25.2 Å². The van der Waals surface area contributed by atoms with Gasteiger partial charge >= 0.3 is 0 Å². The van der Waals surface area contributed by atoms with Crippen LogP contribution < -0.4 is 19.1 Å². The lowest BCUT2D eigenvalue weighted by molar-refractivity contribution is -0.140. The Bertz CT molecular complexity index is 1250. The van der Waals surface area contributed by atoms with Gasteiger partial charge in [-0.1, -0.05) is 29.3 Å². The van der Waals surface area contributed by atoms with E-state index in [0.717, 1.165) is 10.6 Å². The number of methoxy groups -OCH3 is 2. The minimum atomic E-state index is -3.95. The summed E-state index contributed by atoms with van der Waals surface area (Å²) in [6.07, 6.45) is 0.984. The Kier molecular flexibility index (Phi) is 10.1. The van der Waals surface area contributed by atoms with E-state index in [1.807, 2.05) is 20.8 Å². The summed E-state index contributed by atoms with van der Waals surface area (Å²) in [5.41, 5.74) is 0.193. The summed E-state index contributed by atoms with van der Waals surface area (Å²) in [5, 5.41) is 3.49. The number of hydrogen-bond acceptors (Lipinski definition) is 6. The average Bonchev–Trinajstić information content (AvgIpc) is 2.80. The fraction of sp³-hybridized carbons (Fsp3) is 0.440. The Labute approximate surface area is 228 Å². The zero-order chi connectivity index (χ0) is 28.1. The van der Waals surface area contributed by atoms with E-state index in [9.17, 15) is 18.0 Å². The summed E-state index contributed by atoms with van der Waals surface area (Å²) in [7, 11) is -1.12. The van der Waals surface area contributed by atoms with Crippen molar-refractivity contribution in [1.29, 1.82) is 0 Å². The number of carbonyl (C=O) groups excluding carboxylic acids is 2. The van der Waals surface area contributed by atoms with Gasteiger partial charge in [-0.05, 0) is 57.5 Å². The number of amides is 2. The van der Waals surface area contributed by atoms with Crippen LogP contribution in [0.1, 0.15) is 33.3 Å². The fourth-order valence-electron chi connectivity index (χ4n) is 3.48. The lowest BCUT2D eigenvalue weighted by Crippen LogP contribution is -2.54. The first-order valence-electron chi connectivity index (χ1n) is 11.3. The van der Waals surface area contributed by atoms with Crippen LogP contribution in [0.25, 0.3) is 0 Å². The van der Waals surface area contributed by atoms with Crippen molar-refractivity contribution < 1.29 is 27.5 Å². The van der Waals surface area contributed by atoms with Gasteiger partial charge in [0.05, 0.1) is 36.2 Å². The predicted octanol–water partition coefficient (Wildman–Crippen LogP) is 4.11. The maximum atomic E-state index is 13.7. The van der Waals surface area contributed by atoms with Crippen LogP contribution in [0.3, 0.4) is 0 Å². The molecule has 12 heteroatoms. The van der Waals surface area contributed by atoms with E-state index < -0.39 is 40.0 Å². The second kappa shape index (κ2) is 12.2. The summed E-state index contributed by atoms with van der Waals surface area (Å²) in [4.78, 5) is 28.0. The minimum Gasteiger partial charge on any atom is -0.497 e. The molecule has 0 aromatic heterocycles. The second-order valence-corrected chi connectivity index (χ2v) is 12.2. The highest BCUT2D eigenvalue weighted by atomic mass is 35.5. The van der Waals surface area contributed by atoms with Crippen molar-refractivity contribution in [3.05, 3.63) is 52.0 Å². The maximum Gasteiger partial charge on any atom is 0.244 e. The Morgan fingerprint density at radius 1 is 1.03 bits per heavy atom. The van der Waals surface area contributed by atoms with Gasteiger partial charge in [-0.25, -0.2) is 8.42 Å². The number of carbonyl (C=O) groups is 2. The van der Waals surface area contributed by atoms with Gasteiger partial charge in [0.1, 0.15) is 24.1 Å². The Hall–Kier alpha value is -2.69. The summed E-state index contributed by atoms with van der Waals surface area (Å²) < 4.78 is 37.2. The van der Waals surface area contributed by atoms with Crippen molar-refractivity contribution in [3.8, 4) is 11.5 Å². The molecule has 0 saturated heterocycles. The summed E-state index contributed by atoms with van der Waals surface area (Å²) >= 11 is 12.2. The number of nitrogens with zero attached hydrogens (tertiary/aromatic N) is 2. The van der Waals surface area contributed by atoms with Crippen LogP contribution in [0, 0.1) is 0 Å². The van der Waals surface area contributed by atoms with Crippen molar-refractivity contribution in [3.63, 3.8) is 0 Å². The number of nitrogens with one attached hydrogen (secondary N) is 1. The van der Waals surface area contributed by atoms with Gasteiger partial charge in [0.25, 0.3) is 0 Å². The summed E-state index contributed by atoms with van der Waals surface area (Å²) in [6, 6.07) is 8.55. The van der Waals surface area contributed by atoms with Crippen molar-refractivity contribution in [2.24, 2.45) is 0 Å². The van der Waals surface area contributed by atoms with Gasteiger partial charge in [-0.3, -0.25) is 13.9 Å². The Balaban J connectivity index is 2.52. The number of benzene rings is 2. The normalized spacial score (nSPS) is 12.5. The monoisotopic (exact) mass is 573 g/mol. The molecular weight excluding hydrogens is 541 g/mol. The Morgan fingerprint density at radius 3 is 2.19 bits per heavy atom. The minimum absolute atomic E-state index is 0.0126. The van der Waals surface area contributed by atoms with Crippen LogP contribution in [0.5, 0.6) is 11.5 Å². The molecule has 0 spiro atoms. The van der Waals surface area contributed by atoms with Crippen LogP contribution in [-0.2, 0) is 26.2 Å². The summed E-state index contributed by atoms with van der Waals surface area (Å²) in [6.45, 7) is 6.45. The zero-order valence-electron chi connectivity index (χ0n) is 22.0. The molecule has 1 atom stereocenters. The SMILES string of the molecule is COc1ccc(OC)c(N(CC(=O)N(Cc2ccc(Cl)c(Cl)c2)[C@@H](C)C(=O)NC(C)(C)C)S(C)(=O)=O)c1. The molecular formula is C25H33Cl2N3O6S. The molecule has 2 aromatic rings. The van der Waals surface area contributed by atoms with E-state index in [4.69, 9.17) is 32.7 Å². The average molecular weight is 575 g/mol. The van der Waals surface area contributed by atoms with E-state index >= 15 is 0 Å². The van der Waals surface area contributed by atoms with Gasteiger partial charge in [0, 0.05) is 18.2 Å². The van der Waals surface area contributed by atoms with Gasteiger partial charge in [0.2, 0.25) is 21.8 Å². The van der Waals surface area contributed by atoms with Crippen LogP contribution in [0.15, 0.2) is 36.4 Å². The largest absolute Gasteiger partial charge is 0.497 e. The molecule has 0 radical (unpaired) electrons. The topological polar surface area (TPSA) is 105 Å². The first-order valence-corrected chi connectivity index (χ1v) is 13.9. The fourth-order valence-corrected chi connectivity index (χ4v) is 4.64. The number of halogens is 2. The van der Waals surface area contributed by atoms with E-state index in [2.05, 4.69) is 5.32 Å². The second-order valence-electron chi connectivity index (χ2n) is 9.49. The molecule has 0 fully saturated rings. The van der Waals surface area contributed by atoms with Crippen molar-refractivity contribution >= 4 is 50.7 Å². The number of rotatable bonds is 10. The van der Waals surface area contributed by atoms with Gasteiger partial charge in [-0.2, -0.15) is 0 Å². The highest BCUT2D eigenvalue weighted by Gasteiger charge is 2.32. The quantitative estimate of drug-likeness (QED) is 0.458. The van der Waals surface area contributed by atoms with Crippen molar-refractivity contribution in [2.75, 3.05) is 31.3 Å². The smallest absolute Gasteiger partial charge is 0.244 e. The third-order valence-corrected chi connectivity index (χ3v) is 7.20. The van der Waals surface area contributed by atoms with E-state index in [-0.39, 0.29) is 23.0 Å². The Morgan fingerprint density at radius 2 is 1.68 bits per heavy atom. The molecule has 0 aliphatic rings. The lowest BCUT2D eigenvalue weighted by Gasteiger charge is -2.33. The highest BCUT2D eigenvalue weighted by Crippen LogP contribution is 2.34. The molecule has 1 N–H and O–H groups in total. The molecule has 0 unspecified atom stereocenters. The number of ether oxygens (including phenoxy) is 2. The molecule has 0 heterocycles. The third kappa shape index (κ3) is 8.41.